The molecule has 1 N–H and O–H groups in total. The van der Waals surface area contributed by atoms with Gasteiger partial charge in [-0.15, -0.1) is 0 Å². The van der Waals surface area contributed by atoms with Crippen molar-refractivity contribution < 1.29 is 14.3 Å². The van der Waals surface area contributed by atoms with E-state index in [0.29, 0.717) is 22.6 Å². The molecule has 5 heteroatoms. The number of hydrogen-bond acceptors (Lipinski definition) is 3. The third-order valence-electron chi connectivity index (χ3n) is 3.50. The van der Waals surface area contributed by atoms with Crippen LogP contribution in [0.15, 0.2) is 64.0 Å². The highest BCUT2D eigenvalue weighted by Crippen LogP contribution is 2.27. The lowest BCUT2D eigenvalue weighted by Gasteiger charge is -2.12. The molecule has 3 aromatic rings. The number of rotatable bonds is 3. The highest BCUT2D eigenvalue weighted by molar-refractivity contribution is 5.95. The predicted octanol–water partition coefficient (Wildman–Crippen LogP) is 3.01. The van der Waals surface area contributed by atoms with Crippen molar-refractivity contribution in [3.8, 4) is 22.6 Å². The highest BCUT2D eigenvalue weighted by atomic mass is 16.4. The van der Waals surface area contributed by atoms with Gasteiger partial charge in [-0.05, 0) is 24.3 Å². The molecule has 0 aliphatic heterocycles. The summed E-state index contributed by atoms with van der Waals surface area (Å²) in [6.07, 6.45) is 1.53. The third kappa shape index (κ3) is 2.33. The van der Waals surface area contributed by atoms with Gasteiger partial charge in [0.25, 0.3) is 5.56 Å². The molecule has 22 heavy (non-hydrogen) atoms. The molecule has 3 rings (SSSR count). The van der Waals surface area contributed by atoms with Crippen LogP contribution in [-0.4, -0.2) is 15.6 Å². The van der Waals surface area contributed by atoms with Crippen LogP contribution in [0.2, 0.25) is 0 Å². The van der Waals surface area contributed by atoms with Crippen LogP contribution in [0, 0.1) is 0 Å². The summed E-state index contributed by atoms with van der Waals surface area (Å²) in [5.41, 5.74) is 1.54. The molecule has 0 aliphatic carbocycles. The van der Waals surface area contributed by atoms with Crippen LogP contribution >= 0.6 is 0 Å². The van der Waals surface area contributed by atoms with Crippen molar-refractivity contribution in [2.75, 3.05) is 0 Å². The van der Waals surface area contributed by atoms with E-state index in [0.717, 1.165) is 0 Å². The van der Waals surface area contributed by atoms with Gasteiger partial charge in [-0.3, -0.25) is 4.79 Å². The van der Waals surface area contributed by atoms with Gasteiger partial charge in [-0.2, -0.15) is 0 Å². The maximum atomic E-state index is 12.2. The number of furan rings is 1. The Morgan fingerprint density at radius 2 is 1.91 bits per heavy atom. The van der Waals surface area contributed by atoms with Crippen molar-refractivity contribution in [2.24, 2.45) is 7.05 Å². The van der Waals surface area contributed by atoms with Gasteiger partial charge in [0, 0.05) is 24.2 Å². The molecule has 0 unspecified atom stereocenters. The van der Waals surface area contributed by atoms with E-state index in [2.05, 4.69) is 0 Å². The van der Waals surface area contributed by atoms with Gasteiger partial charge in [0.2, 0.25) is 0 Å². The topological polar surface area (TPSA) is 72.4 Å². The normalized spacial score (nSPS) is 10.6. The predicted molar refractivity (Wildman–Crippen MR) is 81.8 cm³/mol. The van der Waals surface area contributed by atoms with Crippen molar-refractivity contribution in [3.05, 3.63) is 70.7 Å². The van der Waals surface area contributed by atoms with Gasteiger partial charge in [0.15, 0.2) is 0 Å². The lowest BCUT2D eigenvalue weighted by Crippen LogP contribution is -2.18. The minimum Gasteiger partial charge on any atom is -0.478 e. The Morgan fingerprint density at radius 3 is 2.59 bits per heavy atom. The number of carboxylic acids is 1. The Morgan fingerprint density at radius 1 is 1.14 bits per heavy atom. The van der Waals surface area contributed by atoms with Crippen molar-refractivity contribution in [1.29, 1.82) is 0 Å². The number of carboxylic acid groups (broad SMARTS) is 1. The maximum absolute atomic E-state index is 12.2. The van der Waals surface area contributed by atoms with Crippen molar-refractivity contribution in [2.45, 2.75) is 0 Å². The van der Waals surface area contributed by atoms with Gasteiger partial charge < -0.3 is 14.1 Å². The Kier molecular flexibility index (Phi) is 3.39. The van der Waals surface area contributed by atoms with Crippen LogP contribution in [0.5, 0.6) is 0 Å². The zero-order chi connectivity index (χ0) is 15.7. The maximum Gasteiger partial charge on any atom is 0.336 e. The average molecular weight is 295 g/mol. The monoisotopic (exact) mass is 295 g/mol. The summed E-state index contributed by atoms with van der Waals surface area (Å²) < 4.78 is 6.74. The Labute approximate surface area is 126 Å². The van der Waals surface area contributed by atoms with Crippen molar-refractivity contribution in [3.63, 3.8) is 0 Å². The van der Waals surface area contributed by atoms with Crippen LogP contribution in [0.3, 0.4) is 0 Å². The van der Waals surface area contributed by atoms with E-state index in [1.54, 1.807) is 43.4 Å². The highest BCUT2D eigenvalue weighted by Gasteiger charge is 2.15. The molecule has 1 aromatic carbocycles. The number of benzene rings is 1. The van der Waals surface area contributed by atoms with Crippen LogP contribution < -0.4 is 5.56 Å². The van der Waals surface area contributed by atoms with E-state index in [4.69, 9.17) is 4.42 Å². The SMILES string of the molecule is Cn1c(-c2ccccc2C(=O)O)cc(-c2ccco2)cc1=O. The molecular weight excluding hydrogens is 282 g/mol. The van der Waals surface area contributed by atoms with Gasteiger partial charge in [0.1, 0.15) is 5.76 Å². The third-order valence-corrected chi connectivity index (χ3v) is 3.50. The van der Waals surface area contributed by atoms with Gasteiger partial charge >= 0.3 is 5.97 Å². The molecule has 0 atom stereocenters. The summed E-state index contributed by atoms with van der Waals surface area (Å²) in [6.45, 7) is 0. The van der Waals surface area contributed by atoms with Crippen LogP contribution in [-0.2, 0) is 7.05 Å². The molecule has 0 aliphatic rings. The first kappa shape index (κ1) is 13.9. The first-order valence-electron chi connectivity index (χ1n) is 6.65. The second kappa shape index (κ2) is 5.37. The Hall–Kier alpha value is -3.08. The molecule has 2 heterocycles. The van der Waals surface area contributed by atoms with Gasteiger partial charge in [-0.25, -0.2) is 4.79 Å². The fraction of sp³-hybridized carbons (Fsp3) is 0.0588. The van der Waals surface area contributed by atoms with Gasteiger partial charge in [0.05, 0.1) is 17.5 Å². The molecule has 0 radical (unpaired) electrons. The summed E-state index contributed by atoms with van der Waals surface area (Å²) in [4.78, 5) is 23.6. The van der Waals surface area contributed by atoms with Crippen LogP contribution in [0.4, 0.5) is 0 Å². The summed E-state index contributed by atoms with van der Waals surface area (Å²) in [5.74, 6) is -0.474. The smallest absolute Gasteiger partial charge is 0.336 e. The first-order chi connectivity index (χ1) is 10.6. The number of carbonyl (C=O) groups is 1. The summed E-state index contributed by atoms with van der Waals surface area (Å²) in [6, 6.07) is 13.3. The zero-order valence-corrected chi connectivity index (χ0v) is 11.8. The average Bonchev–Trinajstić information content (AvgIpc) is 3.04. The largest absolute Gasteiger partial charge is 0.478 e. The van der Waals surface area contributed by atoms with E-state index in [1.807, 2.05) is 0 Å². The van der Waals surface area contributed by atoms with Crippen LogP contribution in [0.25, 0.3) is 22.6 Å². The van der Waals surface area contributed by atoms with Gasteiger partial charge in [-0.1, -0.05) is 18.2 Å². The molecule has 0 amide bonds. The number of pyridine rings is 1. The fourth-order valence-electron chi connectivity index (χ4n) is 2.37. The summed E-state index contributed by atoms with van der Waals surface area (Å²) >= 11 is 0. The van der Waals surface area contributed by atoms with E-state index >= 15 is 0 Å². The standard InChI is InChI=1S/C17H13NO4/c1-18-14(12-5-2-3-6-13(12)17(20)21)9-11(10-16(18)19)15-7-4-8-22-15/h2-10H,1H3,(H,20,21). The lowest BCUT2D eigenvalue weighted by atomic mass is 10.0. The van der Waals surface area contributed by atoms with Crippen LogP contribution in [0.1, 0.15) is 10.4 Å². The molecule has 0 fully saturated rings. The minimum atomic E-state index is -1.04. The Bertz CT molecular complexity index is 891. The molecule has 2 aromatic heterocycles. The first-order valence-corrected chi connectivity index (χ1v) is 6.65. The Balaban J connectivity index is 2.28. The van der Waals surface area contributed by atoms with E-state index in [-0.39, 0.29) is 11.1 Å². The number of aromatic carboxylic acids is 1. The molecule has 0 spiro atoms. The number of nitrogens with zero attached hydrogens (tertiary/aromatic N) is 1. The summed E-state index contributed by atoms with van der Waals surface area (Å²) in [5, 5.41) is 9.33. The molecule has 110 valence electrons. The fourth-order valence-corrected chi connectivity index (χ4v) is 2.37. The van der Waals surface area contributed by atoms with Crippen molar-refractivity contribution in [1.82, 2.24) is 4.57 Å². The lowest BCUT2D eigenvalue weighted by molar-refractivity contribution is 0.0697. The quantitative estimate of drug-likeness (QED) is 0.806. The van der Waals surface area contributed by atoms with Crippen molar-refractivity contribution >= 4 is 5.97 Å². The van der Waals surface area contributed by atoms with E-state index in [1.165, 1.54) is 23.0 Å². The second-order valence-corrected chi connectivity index (χ2v) is 4.85. The second-order valence-electron chi connectivity index (χ2n) is 4.85. The molecule has 0 saturated heterocycles. The van der Waals surface area contributed by atoms with E-state index in [9.17, 15) is 14.7 Å². The molecule has 0 bridgehead atoms. The molecular formula is C17H13NO4. The minimum absolute atomic E-state index is 0.147. The number of hydrogen-bond donors (Lipinski definition) is 1. The molecule has 5 nitrogen and oxygen atoms in total. The van der Waals surface area contributed by atoms with E-state index < -0.39 is 5.97 Å². The zero-order valence-electron chi connectivity index (χ0n) is 11.8. The molecule has 0 saturated carbocycles. The summed E-state index contributed by atoms with van der Waals surface area (Å²) in [7, 11) is 1.61. The number of aromatic nitrogens is 1.